The molecule has 2 rings (SSSR count). The number of hydrogen-bond acceptors (Lipinski definition) is 2. The molecule has 1 aliphatic rings. The van der Waals surface area contributed by atoms with Crippen LogP contribution < -0.4 is 0 Å². The van der Waals surface area contributed by atoms with Crippen LogP contribution in [0.25, 0.3) is 0 Å². The summed E-state index contributed by atoms with van der Waals surface area (Å²) in [4.78, 5) is 13.7. The van der Waals surface area contributed by atoms with Crippen molar-refractivity contribution >= 4 is 17.1 Å². The number of benzene rings is 1. The summed E-state index contributed by atoms with van der Waals surface area (Å²) in [5.41, 5.74) is 0.682. The van der Waals surface area contributed by atoms with E-state index in [9.17, 15) is 9.35 Å². The molecule has 3 nitrogen and oxygen atoms in total. The summed E-state index contributed by atoms with van der Waals surface area (Å²) in [5, 5.41) is 0. The average Bonchev–Trinajstić information content (AvgIpc) is 2.30. The Morgan fingerprint density at radius 2 is 1.93 bits per heavy atom. The van der Waals surface area contributed by atoms with Crippen molar-refractivity contribution in [1.29, 1.82) is 0 Å². The molecule has 0 spiro atoms. The van der Waals surface area contributed by atoms with Gasteiger partial charge < -0.3 is 9.45 Å². The van der Waals surface area contributed by atoms with E-state index in [1.165, 1.54) is 0 Å². The fourth-order valence-corrected chi connectivity index (χ4v) is 2.61. The third kappa shape index (κ3) is 2.52. The largest absolute Gasteiger partial charge is 0.616 e. The maximum absolute atomic E-state index is 11.9. The summed E-state index contributed by atoms with van der Waals surface area (Å²) >= 11 is -0.734. The fourth-order valence-electron chi connectivity index (χ4n) is 1.55. The quantitative estimate of drug-likeness (QED) is 0.656. The van der Waals surface area contributed by atoms with Crippen molar-refractivity contribution in [2.75, 3.05) is 24.6 Å². The molecule has 1 heterocycles. The molecule has 1 fully saturated rings. The Morgan fingerprint density at radius 1 is 1.33 bits per heavy atom. The molecule has 0 unspecified atom stereocenters. The van der Waals surface area contributed by atoms with E-state index < -0.39 is 11.2 Å². The SMILES string of the molecule is O=C(c1cc[c]cc1)N1CC[S+]([O-])CC1. The number of rotatable bonds is 1. The zero-order valence-corrected chi connectivity index (χ0v) is 9.13. The Kier molecular flexibility index (Phi) is 3.28. The zero-order valence-electron chi connectivity index (χ0n) is 8.31. The Bertz CT molecular complexity index is 334. The maximum atomic E-state index is 11.9. The first-order valence-corrected chi connectivity index (χ1v) is 6.36. The van der Waals surface area contributed by atoms with Crippen LogP contribution >= 0.6 is 0 Å². The fraction of sp³-hybridized carbons (Fsp3) is 0.364. The number of carbonyl (C=O) groups excluding carboxylic acids is 1. The first-order chi connectivity index (χ1) is 7.27. The van der Waals surface area contributed by atoms with Crippen molar-refractivity contribution in [3.63, 3.8) is 0 Å². The zero-order chi connectivity index (χ0) is 10.7. The van der Waals surface area contributed by atoms with Gasteiger partial charge in [0, 0.05) is 5.56 Å². The molecule has 1 aromatic carbocycles. The summed E-state index contributed by atoms with van der Waals surface area (Å²) < 4.78 is 11.1. The van der Waals surface area contributed by atoms with Crippen LogP contribution in [0.1, 0.15) is 10.4 Å². The van der Waals surface area contributed by atoms with E-state index in [2.05, 4.69) is 6.07 Å². The van der Waals surface area contributed by atoms with Crippen LogP contribution in [0.5, 0.6) is 0 Å². The van der Waals surface area contributed by atoms with Gasteiger partial charge in [-0.3, -0.25) is 4.79 Å². The van der Waals surface area contributed by atoms with Gasteiger partial charge in [0.2, 0.25) is 0 Å². The molecular weight excluding hydrogens is 210 g/mol. The van der Waals surface area contributed by atoms with E-state index in [1.807, 2.05) is 0 Å². The Balaban J connectivity index is 2.03. The van der Waals surface area contributed by atoms with Gasteiger partial charge in [0.05, 0.1) is 13.1 Å². The smallest absolute Gasteiger partial charge is 0.254 e. The van der Waals surface area contributed by atoms with Gasteiger partial charge in [0.1, 0.15) is 11.5 Å². The normalized spacial score (nSPS) is 17.8. The molecule has 0 saturated carbocycles. The Hall–Kier alpha value is -1.00. The third-order valence-electron chi connectivity index (χ3n) is 2.43. The first-order valence-electron chi connectivity index (χ1n) is 4.88. The maximum Gasteiger partial charge on any atom is 0.254 e. The van der Waals surface area contributed by atoms with Gasteiger partial charge in [0.15, 0.2) is 0 Å². The molecule has 79 valence electrons. The highest BCUT2D eigenvalue weighted by molar-refractivity contribution is 7.91. The van der Waals surface area contributed by atoms with E-state index in [-0.39, 0.29) is 5.91 Å². The minimum atomic E-state index is -0.734. The second kappa shape index (κ2) is 4.68. The Morgan fingerprint density at radius 3 is 2.53 bits per heavy atom. The molecule has 1 saturated heterocycles. The minimum Gasteiger partial charge on any atom is -0.616 e. The predicted octanol–water partition coefficient (Wildman–Crippen LogP) is 0.691. The van der Waals surface area contributed by atoms with Gasteiger partial charge in [-0.25, -0.2) is 0 Å². The van der Waals surface area contributed by atoms with E-state index in [0.29, 0.717) is 30.2 Å². The van der Waals surface area contributed by atoms with Crippen molar-refractivity contribution in [1.82, 2.24) is 4.90 Å². The minimum absolute atomic E-state index is 0.0284. The van der Waals surface area contributed by atoms with E-state index in [1.54, 1.807) is 29.2 Å². The molecule has 0 aromatic heterocycles. The van der Waals surface area contributed by atoms with E-state index >= 15 is 0 Å². The highest BCUT2D eigenvalue weighted by atomic mass is 32.2. The summed E-state index contributed by atoms with van der Waals surface area (Å²) in [6.45, 7) is 1.20. The third-order valence-corrected chi connectivity index (χ3v) is 3.71. The monoisotopic (exact) mass is 222 g/mol. The van der Waals surface area contributed by atoms with Gasteiger partial charge in [-0.05, 0) is 18.2 Å². The lowest BCUT2D eigenvalue weighted by molar-refractivity contribution is 0.0770. The predicted molar refractivity (Wildman–Crippen MR) is 59.1 cm³/mol. The number of amides is 1. The van der Waals surface area contributed by atoms with Crippen LogP contribution in [0, 0.1) is 6.07 Å². The lowest BCUT2D eigenvalue weighted by atomic mass is 10.2. The van der Waals surface area contributed by atoms with Gasteiger partial charge in [-0.1, -0.05) is 23.3 Å². The van der Waals surface area contributed by atoms with E-state index in [0.717, 1.165) is 0 Å². The molecule has 1 aliphatic heterocycles. The molecule has 15 heavy (non-hydrogen) atoms. The van der Waals surface area contributed by atoms with Crippen LogP contribution in [0.3, 0.4) is 0 Å². The van der Waals surface area contributed by atoms with Gasteiger partial charge >= 0.3 is 0 Å². The van der Waals surface area contributed by atoms with Gasteiger partial charge in [-0.2, -0.15) is 0 Å². The van der Waals surface area contributed by atoms with E-state index in [4.69, 9.17) is 0 Å². The second-order valence-corrected chi connectivity index (χ2v) is 5.13. The van der Waals surface area contributed by atoms with Crippen molar-refractivity contribution < 1.29 is 9.35 Å². The van der Waals surface area contributed by atoms with Crippen molar-refractivity contribution in [2.45, 2.75) is 0 Å². The summed E-state index contributed by atoms with van der Waals surface area (Å²) in [7, 11) is 0. The van der Waals surface area contributed by atoms with Crippen LogP contribution in [0.15, 0.2) is 24.3 Å². The van der Waals surface area contributed by atoms with Gasteiger partial charge in [0.25, 0.3) is 5.91 Å². The molecule has 1 aromatic rings. The molecule has 4 heteroatoms. The number of nitrogens with zero attached hydrogens (tertiary/aromatic N) is 1. The van der Waals surface area contributed by atoms with Crippen molar-refractivity contribution in [3.8, 4) is 0 Å². The summed E-state index contributed by atoms with van der Waals surface area (Å²) in [6.07, 6.45) is 0. The topological polar surface area (TPSA) is 43.4 Å². The number of hydrogen-bond donors (Lipinski definition) is 0. The lowest BCUT2D eigenvalue weighted by Crippen LogP contribution is -2.43. The molecular formula is C11H12NO2S. The second-order valence-electron chi connectivity index (χ2n) is 3.43. The molecule has 0 bridgehead atoms. The van der Waals surface area contributed by atoms with Crippen molar-refractivity contribution in [3.05, 3.63) is 35.9 Å². The number of carbonyl (C=O) groups is 1. The molecule has 1 radical (unpaired) electrons. The highest BCUT2D eigenvalue weighted by Crippen LogP contribution is 2.09. The van der Waals surface area contributed by atoms with Gasteiger partial charge in [-0.15, -0.1) is 0 Å². The first kappa shape index (κ1) is 10.5. The van der Waals surface area contributed by atoms with Crippen LogP contribution in [0.4, 0.5) is 0 Å². The van der Waals surface area contributed by atoms with Crippen LogP contribution in [-0.2, 0) is 11.2 Å². The standard InChI is InChI=1S/C11H12NO2S/c13-11(10-4-2-1-3-5-10)12-6-8-15(14)9-7-12/h2-5H,6-9H2. The average molecular weight is 222 g/mol. The summed E-state index contributed by atoms with van der Waals surface area (Å²) in [5.74, 6) is 1.23. The molecule has 0 aliphatic carbocycles. The van der Waals surface area contributed by atoms with Crippen molar-refractivity contribution in [2.24, 2.45) is 0 Å². The summed E-state index contributed by atoms with van der Waals surface area (Å²) in [6, 6.07) is 9.86. The van der Waals surface area contributed by atoms with Crippen LogP contribution in [-0.4, -0.2) is 40.0 Å². The molecule has 0 N–H and O–H groups in total. The molecule has 0 atom stereocenters. The molecule has 1 amide bonds. The van der Waals surface area contributed by atoms with Crippen LogP contribution in [0.2, 0.25) is 0 Å². The highest BCUT2D eigenvalue weighted by Gasteiger charge is 2.23. The Labute approximate surface area is 92.3 Å². The lowest BCUT2D eigenvalue weighted by Gasteiger charge is -2.28.